The Balaban J connectivity index is 1.75. The number of fused-ring (bicyclic) bond motifs is 1. The summed E-state index contributed by atoms with van der Waals surface area (Å²) in [7, 11) is 0. The van der Waals surface area contributed by atoms with Gasteiger partial charge in [-0.2, -0.15) is 0 Å². The van der Waals surface area contributed by atoms with Gasteiger partial charge in [0.15, 0.2) is 17.3 Å². The van der Waals surface area contributed by atoms with E-state index in [0.29, 0.717) is 29.3 Å². The van der Waals surface area contributed by atoms with Crippen LogP contribution in [0.4, 0.5) is 20.3 Å². The number of carbonyl (C=O) groups excluding carboxylic acids is 1. The van der Waals surface area contributed by atoms with E-state index in [-0.39, 0.29) is 5.97 Å². The Morgan fingerprint density at radius 1 is 1.06 bits per heavy atom. The first-order valence-electron chi connectivity index (χ1n) is 9.73. The number of hydrogen-bond donors (Lipinski definition) is 1. The van der Waals surface area contributed by atoms with E-state index in [1.54, 1.807) is 35.8 Å². The van der Waals surface area contributed by atoms with Crippen LogP contribution in [-0.2, 0) is 4.74 Å². The molecule has 1 N–H and O–H groups in total. The number of rotatable bonds is 5. The molecular weight excluding hydrogens is 402 g/mol. The fourth-order valence-corrected chi connectivity index (χ4v) is 3.47. The number of ether oxygens (including phenoxy) is 1. The Bertz CT molecular complexity index is 1280. The summed E-state index contributed by atoms with van der Waals surface area (Å²) >= 11 is 0. The predicted molar refractivity (Wildman–Crippen MR) is 114 cm³/mol. The summed E-state index contributed by atoms with van der Waals surface area (Å²) in [5.41, 5.74) is 3.97. The van der Waals surface area contributed by atoms with E-state index in [1.165, 1.54) is 12.4 Å². The van der Waals surface area contributed by atoms with Crippen LogP contribution in [0, 0.1) is 25.5 Å². The topological polar surface area (TPSA) is 69.0 Å². The van der Waals surface area contributed by atoms with Crippen molar-refractivity contribution in [2.24, 2.45) is 0 Å². The maximum absolute atomic E-state index is 13.8. The van der Waals surface area contributed by atoms with E-state index >= 15 is 0 Å². The van der Waals surface area contributed by atoms with Gasteiger partial charge in [-0.1, -0.05) is 0 Å². The highest BCUT2D eigenvalue weighted by atomic mass is 19.2. The van der Waals surface area contributed by atoms with E-state index in [4.69, 9.17) is 4.74 Å². The number of esters is 1. The monoisotopic (exact) mass is 422 g/mol. The van der Waals surface area contributed by atoms with Crippen LogP contribution in [0.5, 0.6) is 0 Å². The number of nitrogens with one attached hydrogen (secondary N) is 1. The van der Waals surface area contributed by atoms with Crippen molar-refractivity contribution in [2.75, 3.05) is 11.9 Å². The Morgan fingerprint density at radius 3 is 2.48 bits per heavy atom. The van der Waals surface area contributed by atoms with Gasteiger partial charge in [0, 0.05) is 17.4 Å². The summed E-state index contributed by atoms with van der Waals surface area (Å²) in [6.07, 6.45) is 1.41. The first-order chi connectivity index (χ1) is 14.9. The van der Waals surface area contributed by atoms with Crippen molar-refractivity contribution < 1.29 is 18.3 Å². The molecule has 0 atom stereocenters. The minimum Gasteiger partial charge on any atom is -0.462 e. The maximum atomic E-state index is 13.8. The van der Waals surface area contributed by atoms with Crippen LogP contribution < -0.4 is 5.32 Å². The molecule has 31 heavy (non-hydrogen) atoms. The van der Waals surface area contributed by atoms with Crippen molar-refractivity contribution >= 4 is 28.5 Å². The highest BCUT2D eigenvalue weighted by molar-refractivity contribution is 5.95. The minimum absolute atomic E-state index is 0.311. The third-order valence-corrected chi connectivity index (χ3v) is 5.11. The van der Waals surface area contributed by atoms with Gasteiger partial charge in [0.25, 0.3) is 0 Å². The third-order valence-electron chi connectivity index (χ3n) is 5.11. The second-order valence-corrected chi connectivity index (χ2v) is 6.99. The zero-order chi connectivity index (χ0) is 22.1. The molecular formula is C23H20F2N4O2. The van der Waals surface area contributed by atoms with Gasteiger partial charge in [0.1, 0.15) is 12.1 Å². The van der Waals surface area contributed by atoms with Gasteiger partial charge in [-0.05, 0) is 62.7 Å². The highest BCUT2D eigenvalue weighted by Crippen LogP contribution is 2.33. The molecule has 158 valence electrons. The van der Waals surface area contributed by atoms with Crippen LogP contribution in [0.1, 0.15) is 28.5 Å². The van der Waals surface area contributed by atoms with Crippen molar-refractivity contribution in [2.45, 2.75) is 20.8 Å². The molecule has 0 spiro atoms. The minimum atomic E-state index is -0.925. The molecule has 2 heterocycles. The molecule has 0 saturated heterocycles. The van der Waals surface area contributed by atoms with Gasteiger partial charge in [0.05, 0.1) is 23.2 Å². The summed E-state index contributed by atoms with van der Waals surface area (Å²) in [6.45, 7) is 5.87. The van der Waals surface area contributed by atoms with Gasteiger partial charge in [-0.15, -0.1) is 0 Å². The van der Waals surface area contributed by atoms with Crippen LogP contribution in [0.3, 0.4) is 0 Å². The molecule has 0 saturated carbocycles. The molecule has 2 aromatic heterocycles. The molecule has 0 bridgehead atoms. The molecule has 0 fully saturated rings. The molecule has 0 aliphatic heterocycles. The largest absolute Gasteiger partial charge is 0.462 e. The number of aryl methyl sites for hydroxylation is 1. The Kier molecular flexibility index (Phi) is 5.37. The average Bonchev–Trinajstić information content (AvgIpc) is 3.02. The van der Waals surface area contributed by atoms with E-state index in [1.807, 2.05) is 13.8 Å². The lowest BCUT2D eigenvalue weighted by Crippen LogP contribution is -2.04. The molecule has 0 aliphatic rings. The van der Waals surface area contributed by atoms with Crippen molar-refractivity contribution in [3.63, 3.8) is 0 Å². The van der Waals surface area contributed by atoms with Gasteiger partial charge in [-0.25, -0.2) is 23.5 Å². The molecule has 8 heteroatoms. The molecule has 0 amide bonds. The number of hydrogen-bond acceptors (Lipinski definition) is 5. The van der Waals surface area contributed by atoms with Crippen LogP contribution >= 0.6 is 0 Å². The maximum Gasteiger partial charge on any atom is 0.338 e. The van der Waals surface area contributed by atoms with E-state index in [2.05, 4.69) is 15.3 Å². The second kappa shape index (κ2) is 8.14. The Hall–Kier alpha value is -3.81. The van der Waals surface area contributed by atoms with Crippen LogP contribution in [0.15, 0.2) is 48.8 Å². The van der Waals surface area contributed by atoms with Crippen molar-refractivity contribution in [3.05, 3.63) is 77.2 Å². The molecule has 6 nitrogen and oxygen atoms in total. The van der Waals surface area contributed by atoms with Crippen molar-refractivity contribution in [1.82, 2.24) is 14.5 Å². The number of anilines is 2. The van der Waals surface area contributed by atoms with Crippen molar-refractivity contribution in [1.29, 1.82) is 0 Å². The first-order valence-corrected chi connectivity index (χ1v) is 9.73. The molecule has 4 aromatic rings. The Labute approximate surface area is 177 Å². The van der Waals surface area contributed by atoms with Gasteiger partial charge >= 0.3 is 5.97 Å². The van der Waals surface area contributed by atoms with Crippen LogP contribution in [0.25, 0.3) is 16.7 Å². The zero-order valence-electron chi connectivity index (χ0n) is 17.2. The number of nitrogens with zero attached hydrogens (tertiary/aromatic N) is 3. The molecule has 4 rings (SSSR count). The average molecular weight is 422 g/mol. The lowest BCUT2D eigenvalue weighted by Gasteiger charge is -2.10. The SMILES string of the molecule is CCOC(=O)c1ccc(Nc2ncnc3c2c(C)c(C)n3-c2ccc(F)c(F)c2)cc1. The zero-order valence-corrected chi connectivity index (χ0v) is 17.2. The van der Waals surface area contributed by atoms with Gasteiger partial charge in [-0.3, -0.25) is 4.57 Å². The normalized spacial score (nSPS) is 11.0. The van der Waals surface area contributed by atoms with Gasteiger partial charge < -0.3 is 10.1 Å². The summed E-state index contributed by atoms with van der Waals surface area (Å²) in [5, 5.41) is 4.01. The highest BCUT2D eigenvalue weighted by Gasteiger charge is 2.19. The van der Waals surface area contributed by atoms with E-state index < -0.39 is 11.6 Å². The number of aromatic nitrogens is 3. The summed E-state index contributed by atoms with van der Waals surface area (Å²) in [5.74, 6) is -1.65. The lowest BCUT2D eigenvalue weighted by molar-refractivity contribution is 0.0526. The summed E-state index contributed by atoms with van der Waals surface area (Å²) in [6, 6.07) is 10.6. The molecule has 2 aromatic carbocycles. The smallest absolute Gasteiger partial charge is 0.338 e. The van der Waals surface area contributed by atoms with Crippen molar-refractivity contribution in [3.8, 4) is 5.69 Å². The number of halogens is 2. The third kappa shape index (κ3) is 3.72. The summed E-state index contributed by atoms with van der Waals surface area (Å²) in [4.78, 5) is 20.6. The first kappa shape index (κ1) is 20.5. The summed E-state index contributed by atoms with van der Waals surface area (Å²) < 4.78 is 34.0. The predicted octanol–water partition coefficient (Wildman–Crippen LogP) is 5.24. The quantitative estimate of drug-likeness (QED) is 0.446. The Morgan fingerprint density at radius 2 is 1.81 bits per heavy atom. The van der Waals surface area contributed by atoms with Gasteiger partial charge in [0.2, 0.25) is 0 Å². The van der Waals surface area contributed by atoms with E-state index in [0.717, 1.165) is 34.5 Å². The standard InChI is InChI=1S/C23H20F2N4O2/c1-4-31-23(30)15-5-7-16(8-6-15)28-21-20-13(2)14(3)29(22(20)27-12-26-21)17-9-10-18(24)19(25)11-17/h5-12H,4H2,1-3H3,(H,26,27,28). The number of carbonyl (C=O) groups is 1. The molecule has 0 unspecified atom stereocenters. The lowest BCUT2D eigenvalue weighted by atomic mass is 10.2. The van der Waals surface area contributed by atoms with Crippen LogP contribution in [0.2, 0.25) is 0 Å². The van der Waals surface area contributed by atoms with Crippen LogP contribution in [-0.4, -0.2) is 27.1 Å². The van der Waals surface area contributed by atoms with E-state index in [9.17, 15) is 13.6 Å². The fraction of sp³-hybridized carbons (Fsp3) is 0.174. The molecule has 0 aliphatic carbocycles. The second-order valence-electron chi connectivity index (χ2n) is 6.99. The fourth-order valence-electron chi connectivity index (χ4n) is 3.47. The molecule has 0 radical (unpaired) electrons. The number of benzene rings is 2.